The third-order valence-corrected chi connectivity index (χ3v) is 3.38. The van der Waals surface area contributed by atoms with Crippen molar-refractivity contribution in [3.8, 4) is 0 Å². The highest BCUT2D eigenvalue weighted by molar-refractivity contribution is 5.78. The molecule has 0 unspecified atom stereocenters. The number of hydrogen-bond acceptors (Lipinski definition) is 9. The fourth-order valence-corrected chi connectivity index (χ4v) is 2.29. The molecular weight excluding hydrogens is 302 g/mol. The molecular formula is C12H21NO9. The first-order chi connectivity index (χ1) is 10.2. The van der Waals surface area contributed by atoms with Gasteiger partial charge >= 0.3 is 5.97 Å². The Morgan fingerprint density at radius 3 is 2.50 bits per heavy atom. The topological polar surface area (TPSA) is 166 Å². The van der Waals surface area contributed by atoms with Crippen molar-refractivity contribution in [2.45, 2.75) is 49.6 Å². The van der Waals surface area contributed by atoms with Crippen molar-refractivity contribution in [1.29, 1.82) is 0 Å². The summed E-state index contributed by atoms with van der Waals surface area (Å²) >= 11 is 0. The predicted molar refractivity (Wildman–Crippen MR) is 69.2 cm³/mol. The van der Waals surface area contributed by atoms with Gasteiger partial charge in [0.1, 0.15) is 18.3 Å². The van der Waals surface area contributed by atoms with Crippen LogP contribution >= 0.6 is 0 Å². The monoisotopic (exact) mass is 323 g/mol. The van der Waals surface area contributed by atoms with Gasteiger partial charge in [-0.3, -0.25) is 4.79 Å². The second kappa shape index (κ2) is 7.31. The van der Waals surface area contributed by atoms with E-state index in [1.165, 1.54) is 0 Å². The van der Waals surface area contributed by atoms with E-state index in [0.29, 0.717) is 0 Å². The second-order valence-corrected chi connectivity index (χ2v) is 5.10. The Hall–Kier alpha value is -1.30. The number of methoxy groups -OCH3 is 1. The van der Waals surface area contributed by atoms with E-state index >= 15 is 0 Å². The summed E-state index contributed by atoms with van der Waals surface area (Å²) in [5, 5.41) is 50.8. The van der Waals surface area contributed by atoms with Crippen LogP contribution in [0, 0.1) is 0 Å². The molecule has 0 saturated carbocycles. The molecule has 1 aliphatic rings. The Kier molecular flexibility index (Phi) is 6.23. The van der Waals surface area contributed by atoms with E-state index in [0.717, 1.165) is 14.0 Å². The maximum absolute atomic E-state index is 11.6. The molecule has 6 N–H and O–H groups in total. The van der Waals surface area contributed by atoms with Crippen LogP contribution in [0.1, 0.15) is 13.3 Å². The molecule has 10 heteroatoms. The Morgan fingerprint density at radius 2 is 2.05 bits per heavy atom. The molecule has 0 aromatic heterocycles. The standard InChI is InChI=1S/C12H21NO9/c1-5(15)13-8-6(16)3-12(20,11(19)21-2)22-10(8)9(18)7(17)4-14/h6-10,14,16-18,20H,3-4H2,1-2H3,(H,13,15)/t6-,7+,8+,9+,10-,12+/m0/s1. The molecule has 1 saturated heterocycles. The van der Waals surface area contributed by atoms with E-state index in [-0.39, 0.29) is 0 Å². The van der Waals surface area contributed by atoms with Gasteiger partial charge in [-0.2, -0.15) is 0 Å². The van der Waals surface area contributed by atoms with Crippen LogP contribution in [0.15, 0.2) is 0 Å². The molecule has 0 aliphatic carbocycles. The van der Waals surface area contributed by atoms with Gasteiger partial charge in [0.25, 0.3) is 5.79 Å². The fraction of sp³-hybridized carbons (Fsp3) is 0.833. The number of nitrogens with one attached hydrogen (secondary N) is 1. The first-order valence-electron chi connectivity index (χ1n) is 6.57. The maximum Gasteiger partial charge on any atom is 0.366 e. The van der Waals surface area contributed by atoms with Gasteiger partial charge in [-0.15, -0.1) is 0 Å². The Morgan fingerprint density at radius 1 is 1.45 bits per heavy atom. The van der Waals surface area contributed by atoms with Gasteiger partial charge in [0.2, 0.25) is 5.91 Å². The zero-order valence-corrected chi connectivity index (χ0v) is 12.2. The molecule has 22 heavy (non-hydrogen) atoms. The third-order valence-electron chi connectivity index (χ3n) is 3.38. The van der Waals surface area contributed by atoms with Crippen LogP contribution in [0.25, 0.3) is 0 Å². The lowest BCUT2D eigenvalue weighted by molar-refractivity contribution is -0.296. The fourth-order valence-electron chi connectivity index (χ4n) is 2.29. The predicted octanol–water partition coefficient (Wildman–Crippen LogP) is -3.78. The number of esters is 1. The Balaban J connectivity index is 3.09. The minimum Gasteiger partial charge on any atom is -0.465 e. The molecule has 10 nitrogen and oxygen atoms in total. The molecule has 128 valence electrons. The molecule has 1 amide bonds. The first-order valence-corrected chi connectivity index (χ1v) is 6.57. The van der Waals surface area contributed by atoms with Crippen molar-refractivity contribution >= 4 is 11.9 Å². The van der Waals surface area contributed by atoms with Gasteiger partial charge in [-0.25, -0.2) is 4.79 Å². The third kappa shape index (κ3) is 3.91. The van der Waals surface area contributed by atoms with Gasteiger partial charge in [-0.1, -0.05) is 0 Å². The van der Waals surface area contributed by atoms with Crippen LogP contribution in [-0.4, -0.2) is 87.4 Å². The normalized spacial score (nSPS) is 34.6. The lowest BCUT2D eigenvalue weighted by Crippen LogP contribution is -2.67. The van der Waals surface area contributed by atoms with Crippen molar-refractivity contribution in [2.75, 3.05) is 13.7 Å². The second-order valence-electron chi connectivity index (χ2n) is 5.10. The summed E-state index contributed by atoms with van der Waals surface area (Å²) in [6.07, 6.45) is -7.09. The SMILES string of the molecule is COC(=O)[C@@]1(O)C[C@H](O)[C@@H](NC(C)=O)[C@@H]([C@H](O)[C@H](O)CO)O1. The highest BCUT2D eigenvalue weighted by atomic mass is 16.7. The number of carbonyl (C=O) groups is 2. The molecule has 0 spiro atoms. The van der Waals surface area contributed by atoms with Crippen LogP contribution in [0.2, 0.25) is 0 Å². The number of aliphatic hydroxyl groups excluding tert-OH is 4. The Bertz CT molecular complexity index is 417. The highest BCUT2D eigenvalue weighted by Crippen LogP contribution is 2.31. The summed E-state index contributed by atoms with van der Waals surface area (Å²) in [5.74, 6) is -4.32. The van der Waals surface area contributed by atoms with E-state index in [2.05, 4.69) is 10.1 Å². The minimum atomic E-state index is -2.55. The van der Waals surface area contributed by atoms with Crippen LogP contribution in [0.3, 0.4) is 0 Å². The average Bonchev–Trinajstić information content (AvgIpc) is 2.46. The lowest BCUT2D eigenvalue weighted by atomic mass is 9.88. The number of hydrogen-bond donors (Lipinski definition) is 6. The van der Waals surface area contributed by atoms with E-state index in [1.54, 1.807) is 0 Å². The average molecular weight is 323 g/mol. The number of ether oxygens (including phenoxy) is 2. The van der Waals surface area contributed by atoms with Gasteiger partial charge in [0.15, 0.2) is 0 Å². The van der Waals surface area contributed by atoms with Crippen LogP contribution in [0.4, 0.5) is 0 Å². The number of amides is 1. The summed E-state index contributed by atoms with van der Waals surface area (Å²) in [7, 11) is 0.990. The Labute approximate surface area is 126 Å². The van der Waals surface area contributed by atoms with Gasteiger partial charge in [-0.05, 0) is 0 Å². The van der Waals surface area contributed by atoms with E-state index in [1.807, 2.05) is 0 Å². The van der Waals surface area contributed by atoms with Gasteiger partial charge < -0.3 is 40.3 Å². The van der Waals surface area contributed by atoms with Crippen LogP contribution < -0.4 is 5.32 Å². The molecule has 1 fully saturated rings. The minimum absolute atomic E-state index is 0.563. The van der Waals surface area contributed by atoms with Gasteiger partial charge in [0, 0.05) is 13.3 Å². The molecule has 0 radical (unpaired) electrons. The molecule has 6 atom stereocenters. The number of rotatable bonds is 5. The van der Waals surface area contributed by atoms with Crippen molar-refractivity contribution in [1.82, 2.24) is 5.32 Å². The first kappa shape index (κ1) is 18.7. The molecule has 1 rings (SSSR count). The quantitative estimate of drug-likeness (QED) is 0.278. The lowest BCUT2D eigenvalue weighted by Gasteiger charge is -2.45. The summed E-state index contributed by atoms with van der Waals surface area (Å²) in [6, 6.07) is -1.21. The molecule has 0 aromatic rings. The van der Waals surface area contributed by atoms with Crippen LogP contribution in [-0.2, 0) is 19.1 Å². The summed E-state index contributed by atoms with van der Waals surface area (Å²) < 4.78 is 9.45. The smallest absolute Gasteiger partial charge is 0.366 e. The van der Waals surface area contributed by atoms with Crippen molar-refractivity contribution < 1.29 is 44.6 Å². The molecule has 1 aliphatic heterocycles. The zero-order valence-electron chi connectivity index (χ0n) is 12.2. The zero-order chi connectivity index (χ0) is 17.1. The summed E-state index contributed by atoms with van der Waals surface area (Å²) in [4.78, 5) is 22.8. The van der Waals surface area contributed by atoms with E-state index in [4.69, 9.17) is 9.84 Å². The highest BCUT2D eigenvalue weighted by Gasteiger charge is 2.54. The van der Waals surface area contributed by atoms with E-state index < -0.39 is 61.1 Å². The van der Waals surface area contributed by atoms with Crippen molar-refractivity contribution in [3.63, 3.8) is 0 Å². The van der Waals surface area contributed by atoms with E-state index in [9.17, 15) is 30.0 Å². The summed E-state index contributed by atoms with van der Waals surface area (Å²) in [6.45, 7) is 0.320. The molecule has 0 bridgehead atoms. The number of aliphatic hydroxyl groups is 5. The maximum atomic E-state index is 11.6. The largest absolute Gasteiger partial charge is 0.465 e. The van der Waals surface area contributed by atoms with Crippen molar-refractivity contribution in [3.05, 3.63) is 0 Å². The van der Waals surface area contributed by atoms with Crippen molar-refractivity contribution in [2.24, 2.45) is 0 Å². The van der Waals surface area contributed by atoms with Gasteiger partial charge in [0.05, 0.1) is 25.9 Å². The number of carbonyl (C=O) groups excluding carboxylic acids is 2. The molecule has 0 aromatic carbocycles. The molecule has 1 heterocycles. The summed E-state index contributed by atoms with van der Waals surface area (Å²) in [5.41, 5.74) is 0. The van der Waals surface area contributed by atoms with Crippen LogP contribution in [0.5, 0.6) is 0 Å².